The average molecular weight is 478 g/mol. The van der Waals surface area contributed by atoms with Gasteiger partial charge < -0.3 is 14.5 Å². The number of carbonyl (C=O) groups is 1. The number of sulfonamides is 1. The van der Waals surface area contributed by atoms with Crippen LogP contribution in [0.15, 0.2) is 53.4 Å². The fourth-order valence-corrected chi connectivity index (χ4v) is 6.27. The second-order valence-corrected chi connectivity index (χ2v) is 10.5. The highest BCUT2D eigenvalue weighted by molar-refractivity contribution is 7.89. The van der Waals surface area contributed by atoms with Crippen LogP contribution >= 0.6 is 11.6 Å². The van der Waals surface area contributed by atoms with Crippen LogP contribution < -0.4 is 9.64 Å². The van der Waals surface area contributed by atoms with Gasteiger partial charge in [0.1, 0.15) is 5.75 Å². The van der Waals surface area contributed by atoms with E-state index in [2.05, 4.69) is 17.0 Å². The zero-order valence-corrected chi connectivity index (χ0v) is 19.7. The lowest BCUT2D eigenvalue weighted by molar-refractivity contribution is -0.137. The number of methoxy groups -OCH3 is 1. The Morgan fingerprint density at radius 1 is 1.03 bits per heavy atom. The maximum absolute atomic E-state index is 13.2. The zero-order valence-electron chi connectivity index (χ0n) is 18.1. The highest BCUT2D eigenvalue weighted by atomic mass is 35.5. The number of ether oxygens (including phenoxy) is 1. The second-order valence-electron chi connectivity index (χ2n) is 8.15. The molecule has 0 saturated carbocycles. The summed E-state index contributed by atoms with van der Waals surface area (Å²) in [4.78, 5) is 17.5. The number of piperidine rings is 1. The highest BCUT2D eigenvalue weighted by Crippen LogP contribution is 2.30. The van der Waals surface area contributed by atoms with Crippen molar-refractivity contribution in [3.05, 3.63) is 53.6 Å². The number of hydrogen-bond acceptors (Lipinski definition) is 5. The van der Waals surface area contributed by atoms with Gasteiger partial charge in [-0.05, 0) is 43.2 Å². The molecule has 2 aliphatic rings. The molecular weight excluding hydrogens is 450 g/mol. The Bertz CT molecular complexity index is 1060. The topological polar surface area (TPSA) is 70.2 Å². The molecule has 172 valence electrons. The summed E-state index contributed by atoms with van der Waals surface area (Å²) in [7, 11) is -2.26. The van der Waals surface area contributed by atoms with Crippen molar-refractivity contribution in [1.29, 1.82) is 0 Å². The summed E-state index contributed by atoms with van der Waals surface area (Å²) in [5.74, 6) is 0.146. The van der Waals surface area contributed by atoms with Crippen molar-refractivity contribution in [2.24, 2.45) is 5.92 Å². The third-order valence-electron chi connectivity index (χ3n) is 6.21. The van der Waals surface area contributed by atoms with Gasteiger partial charge in [-0.25, -0.2) is 8.42 Å². The Morgan fingerprint density at radius 3 is 2.41 bits per heavy atom. The van der Waals surface area contributed by atoms with Gasteiger partial charge in [0.25, 0.3) is 0 Å². The van der Waals surface area contributed by atoms with Crippen LogP contribution in [0.5, 0.6) is 5.75 Å². The van der Waals surface area contributed by atoms with E-state index >= 15 is 0 Å². The Hall–Kier alpha value is -2.29. The number of para-hydroxylation sites is 1. The number of hydrogen-bond donors (Lipinski definition) is 0. The second kappa shape index (κ2) is 9.68. The number of rotatable bonds is 5. The predicted octanol–water partition coefficient (Wildman–Crippen LogP) is 3.10. The lowest BCUT2D eigenvalue weighted by Crippen LogP contribution is -2.53. The van der Waals surface area contributed by atoms with Crippen molar-refractivity contribution >= 4 is 33.2 Å². The van der Waals surface area contributed by atoms with Crippen LogP contribution in [0.25, 0.3) is 0 Å². The van der Waals surface area contributed by atoms with Gasteiger partial charge >= 0.3 is 0 Å². The summed E-state index contributed by atoms with van der Waals surface area (Å²) in [6, 6.07) is 14.6. The van der Waals surface area contributed by atoms with Crippen LogP contribution in [-0.2, 0) is 14.8 Å². The maximum atomic E-state index is 13.2. The number of piperazine rings is 1. The van der Waals surface area contributed by atoms with E-state index in [0.29, 0.717) is 38.2 Å². The van der Waals surface area contributed by atoms with E-state index in [9.17, 15) is 13.2 Å². The average Bonchev–Trinajstić information content (AvgIpc) is 2.84. The van der Waals surface area contributed by atoms with Crippen LogP contribution in [-0.4, -0.2) is 69.9 Å². The van der Waals surface area contributed by atoms with Crippen molar-refractivity contribution in [2.45, 2.75) is 17.7 Å². The summed E-state index contributed by atoms with van der Waals surface area (Å²) < 4.78 is 32.9. The van der Waals surface area contributed by atoms with Gasteiger partial charge in [0.2, 0.25) is 15.9 Å². The largest absolute Gasteiger partial charge is 0.495 e. The molecule has 2 saturated heterocycles. The van der Waals surface area contributed by atoms with E-state index in [4.69, 9.17) is 16.3 Å². The molecule has 1 amide bonds. The van der Waals surface area contributed by atoms with E-state index in [-0.39, 0.29) is 28.3 Å². The molecule has 2 aromatic carbocycles. The predicted molar refractivity (Wildman–Crippen MR) is 125 cm³/mol. The number of halogens is 1. The lowest BCUT2D eigenvalue weighted by Gasteiger charge is -2.39. The van der Waals surface area contributed by atoms with Crippen molar-refractivity contribution < 1.29 is 17.9 Å². The first-order valence-electron chi connectivity index (χ1n) is 10.8. The molecule has 2 fully saturated rings. The first-order valence-corrected chi connectivity index (χ1v) is 12.6. The van der Waals surface area contributed by atoms with Gasteiger partial charge in [-0.3, -0.25) is 4.79 Å². The molecule has 9 heteroatoms. The van der Waals surface area contributed by atoms with E-state index < -0.39 is 10.0 Å². The first-order chi connectivity index (χ1) is 15.4. The van der Waals surface area contributed by atoms with Gasteiger partial charge in [0.05, 0.1) is 22.9 Å². The number of nitrogens with zero attached hydrogens (tertiary/aromatic N) is 3. The third kappa shape index (κ3) is 4.72. The van der Waals surface area contributed by atoms with Gasteiger partial charge in [0.15, 0.2) is 0 Å². The molecule has 0 N–H and O–H groups in total. The van der Waals surface area contributed by atoms with Gasteiger partial charge in [-0.15, -0.1) is 0 Å². The monoisotopic (exact) mass is 477 g/mol. The molecule has 1 atom stereocenters. The molecular formula is C23H28ClN3O4S. The number of carbonyl (C=O) groups excluding carboxylic acids is 1. The number of benzene rings is 2. The van der Waals surface area contributed by atoms with Crippen LogP contribution in [0.2, 0.25) is 5.02 Å². The Labute approximate surface area is 194 Å². The summed E-state index contributed by atoms with van der Waals surface area (Å²) in [6.07, 6.45) is 1.36. The molecule has 0 radical (unpaired) electrons. The molecule has 32 heavy (non-hydrogen) atoms. The molecule has 2 aliphatic heterocycles. The first kappa shape index (κ1) is 22.9. The molecule has 7 nitrogen and oxygen atoms in total. The lowest BCUT2D eigenvalue weighted by atomic mass is 9.97. The Balaban J connectivity index is 1.40. The summed E-state index contributed by atoms with van der Waals surface area (Å²) in [5.41, 5.74) is 1.16. The number of amides is 1. The normalized spacial score (nSPS) is 20.2. The van der Waals surface area contributed by atoms with E-state index in [1.54, 1.807) is 6.07 Å². The van der Waals surface area contributed by atoms with Crippen LogP contribution in [0.4, 0.5) is 5.69 Å². The maximum Gasteiger partial charge on any atom is 0.243 e. The van der Waals surface area contributed by atoms with Crippen molar-refractivity contribution in [1.82, 2.24) is 9.21 Å². The van der Waals surface area contributed by atoms with Crippen molar-refractivity contribution in [2.75, 3.05) is 51.3 Å². The molecule has 2 heterocycles. The van der Waals surface area contributed by atoms with Gasteiger partial charge in [-0.1, -0.05) is 29.8 Å². The summed E-state index contributed by atoms with van der Waals surface area (Å²) >= 11 is 6.14. The van der Waals surface area contributed by atoms with Gasteiger partial charge in [0, 0.05) is 45.0 Å². The van der Waals surface area contributed by atoms with E-state index in [1.807, 2.05) is 23.1 Å². The molecule has 4 rings (SSSR count). The minimum atomic E-state index is -3.74. The minimum absolute atomic E-state index is 0.0466. The van der Waals surface area contributed by atoms with Crippen molar-refractivity contribution in [3.63, 3.8) is 0 Å². The smallest absolute Gasteiger partial charge is 0.243 e. The molecule has 2 aromatic rings. The quantitative estimate of drug-likeness (QED) is 0.661. The van der Waals surface area contributed by atoms with Crippen LogP contribution in [0.3, 0.4) is 0 Å². The Morgan fingerprint density at radius 2 is 1.75 bits per heavy atom. The minimum Gasteiger partial charge on any atom is -0.495 e. The standard InChI is InChI=1S/C23H28ClN3O4S/c1-31-22-10-9-20(16-21(22)24)32(29,30)27-11-5-6-18(17-27)23(28)26-14-12-25(13-15-26)19-7-3-2-4-8-19/h2-4,7-10,16,18H,5-6,11-15,17H2,1H3/t18-/m1/s1. The molecule has 0 spiro atoms. The highest BCUT2D eigenvalue weighted by Gasteiger charge is 2.36. The van der Waals surface area contributed by atoms with Crippen molar-refractivity contribution in [3.8, 4) is 5.75 Å². The van der Waals surface area contributed by atoms with Crippen LogP contribution in [0.1, 0.15) is 12.8 Å². The Kier molecular flexibility index (Phi) is 6.93. The molecule has 0 aromatic heterocycles. The van der Waals surface area contributed by atoms with Gasteiger partial charge in [-0.2, -0.15) is 4.31 Å². The molecule has 0 unspecified atom stereocenters. The zero-order chi connectivity index (χ0) is 22.7. The summed E-state index contributed by atoms with van der Waals surface area (Å²) in [6.45, 7) is 3.43. The van der Waals surface area contributed by atoms with Crippen LogP contribution in [0, 0.1) is 5.92 Å². The van der Waals surface area contributed by atoms with E-state index in [1.165, 1.54) is 23.5 Å². The SMILES string of the molecule is COc1ccc(S(=O)(=O)N2CCC[C@@H](C(=O)N3CCN(c4ccccc4)CC3)C2)cc1Cl. The fraction of sp³-hybridized carbons (Fsp3) is 0.435. The summed E-state index contributed by atoms with van der Waals surface area (Å²) in [5, 5.41) is 0.245. The third-order valence-corrected chi connectivity index (χ3v) is 8.36. The molecule has 0 bridgehead atoms. The molecule has 0 aliphatic carbocycles. The fourth-order valence-electron chi connectivity index (χ4n) is 4.40. The number of anilines is 1. The van der Waals surface area contributed by atoms with E-state index in [0.717, 1.165) is 18.8 Å².